The summed E-state index contributed by atoms with van der Waals surface area (Å²) >= 11 is 0. The number of nitrogens with one attached hydrogen (secondary N) is 1. The lowest BCUT2D eigenvalue weighted by molar-refractivity contribution is 0.0695. The van der Waals surface area contributed by atoms with E-state index in [2.05, 4.69) is 10.3 Å². The summed E-state index contributed by atoms with van der Waals surface area (Å²) < 4.78 is 30.4. The van der Waals surface area contributed by atoms with Gasteiger partial charge in [-0.25, -0.2) is 13.6 Å². The van der Waals surface area contributed by atoms with Gasteiger partial charge in [0.1, 0.15) is 11.4 Å². The molecule has 1 saturated heterocycles. The number of aromatic nitrogens is 2. The molecule has 3 aromatic rings. The number of halogens is 3. The second-order valence-electron chi connectivity index (χ2n) is 6.43. The third-order valence-electron chi connectivity index (χ3n) is 4.77. The number of aromatic carboxylic acids is 1. The molecule has 0 aliphatic carbocycles. The SMILES string of the molecule is Cl.O=C(O)c1cn(-c2ccncc2F)c2cc(N3CCNCC3)c(F)cc2c1=O. The van der Waals surface area contributed by atoms with E-state index in [0.717, 1.165) is 18.5 Å². The highest BCUT2D eigenvalue weighted by Gasteiger charge is 2.21. The zero-order valence-corrected chi connectivity index (χ0v) is 15.9. The first-order valence-electron chi connectivity index (χ1n) is 8.65. The number of carboxylic acid groups (broad SMARTS) is 1. The van der Waals surface area contributed by atoms with Gasteiger partial charge in [-0.05, 0) is 18.2 Å². The number of piperazine rings is 1. The number of carboxylic acids is 1. The molecule has 2 aromatic heterocycles. The first-order chi connectivity index (χ1) is 13.5. The summed E-state index contributed by atoms with van der Waals surface area (Å²) in [7, 11) is 0. The molecule has 1 fully saturated rings. The summed E-state index contributed by atoms with van der Waals surface area (Å²) in [6, 6.07) is 3.85. The molecular formula is C19H17ClF2N4O3. The molecule has 0 amide bonds. The fourth-order valence-electron chi connectivity index (χ4n) is 3.40. The minimum absolute atomic E-state index is 0. The molecular weight excluding hydrogens is 406 g/mol. The maximum Gasteiger partial charge on any atom is 0.341 e. The zero-order valence-electron chi connectivity index (χ0n) is 15.1. The van der Waals surface area contributed by atoms with Crippen LogP contribution in [0.3, 0.4) is 0 Å². The highest BCUT2D eigenvalue weighted by Crippen LogP contribution is 2.27. The molecule has 0 atom stereocenters. The molecule has 1 aliphatic heterocycles. The van der Waals surface area contributed by atoms with Crippen molar-refractivity contribution in [3.05, 3.63) is 64.2 Å². The minimum Gasteiger partial charge on any atom is -0.477 e. The second-order valence-corrected chi connectivity index (χ2v) is 6.43. The van der Waals surface area contributed by atoms with Gasteiger partial charge in [0.05, 0.1) is 23.1 Å². The van der Waals surface area contributed by atoms with Gasteiger partial charge in [-0.2, -0.15) is 0 Å². The van der Waals surface area contributed by atoms with Crippen LogP contribution in [-0.4, -0.2) is 46.8 Å². The molecule has 0 unspecified atom stereocenters. The molecule has 0 bridgehead atoms. The molecule has 2 N–H and O–H groups in total. The van der Waals surface area contributed by atoms with Gasteiger partial charge >= 0.3 is 5.97 Å². The van der Waals surface area contributed by atoms with Crippen LogP contribution in [0.2, 0.25) is 0 Å². The molecule has 29 heavy (non-hydrogen) atoms. The minimum atomic E-state index is -1.47. The predicted molar refractivity (Wildman–Crippen MR) is 107 cm³/mol. The van der Waals surface area contributed by atoms with Crippen LogP contribution in [0.5, 0.6) is 0 Å². The molecule has 7 nitrogen and oxygen atoms in total. The van der Waals surface area contributed by atoms with E-state index < -0.39 is 28.6 Å². The lowest BCUT2D eigenvalue weighted by Gasteiger charge is -2.30. The number of fused-ring (bicyclic) bond motifs is 1. The Balaban J connectivity index is 0.00000240. The summed E-state index contributed by atoms with van der Waals surface area (Å²) in [6.07, 6.45) is 3.40. The Labute approximate surface area is 170 Å². The number of benzene rings is 1. The standard InChI is InChI=1S/C19H16F2N4O3.ClH/c20-13-7-11-16(8-17(13)24-5-3-22-4-6-24)25(10-12(18(11)26)19(27)28)15-1-2-23-9-14(15)21;/h1-2,7-10,22H,3-6H2,(H,27,28);1H. The summed E-state index contributed by atoms with van der Waals surface area (Å²) in [5.41, 5.74) is -0.882. The molecule has 1 aliphatic rings. The molecule has 1 aromatic carbocycles. The lowest BCUT2D eigenvalue weighted by atomic mass is 10.1. The third kappa shape index (κ3) is 3.66. The summed E-state index contributed by atoms with van der Waals surface area (Å²) in [5, 5.41) is 12.4. The van der Waals surface area contributed by atoms with Gasteiger partial charge in [0, 0.05) is 44.0 Å². The van der Waals surface area contributed by atoms with Gasteiger partial charge < -0.3 is 19.9 Å². The average Bonchev–Trinajstić information content (AvgIpc) is 2.69. The number of rotatable bonds is 3. The number of anilines is 1. The van der Waals surface area contributed by atoms with Gasteiger partial charge in [-0.1, -0.05) is 0 Å². The normalized spacial score (nSPS) is 13.9. The second kappa shape index (κ2) is 8.14. The lowest BCUT2D eigenvalue weighted by Crippen LogP contribution is -2.43. The zero-order chi connectivity index (χ0) is 19.8. The van der Waals surface area contributed by atoms with E-state index in [4.69, 9.17) is 0 Å². The van der Waals surface area contributed by atoms with Crippen LogP contribution in [0.15, 0.2) is 41.6 Å². The fourth-order valence-corrected chi connectivity index (χ4v) is 3.40. The van der Waals surface area contributed by atoms with E-state index in [1.165, 1.54) is 22.9 Å². The highest BCUT2D eigenvalue weighted by atomic mass is 35.5. The van der Waals surface area contributed by atoms with Crippen molar-refractivity contribution in [1.82, 2.24) is 14.9 Å². The topological polar surface area (TPSA) is 87.5 Å². The van der Waals surface area contributed by atoms with Crippen LogP contribution >= 0.6 is 12.4 Å². The maximum absolute atomic E-state index is 14.8. The number of hydrogen-bond acceptors (Lipinski definition) is 5. The summed E-state index contributed by atoms with van der Waals surface area (Å²) in [6.45, 7) is 2.51. The van der Waals surface area contributed by atoms with Crippen LogP contribution in [0.1, 0.15) is 10.4 Å². The molecule has 0 saturated carbocycles. The number of nitrogens with zero attached hydrogens (tertiary/aromatic N) is 3. The molecule has 0 radical (unpaired) electrons. The maximum atomic E-state index is 14.8. The van der Waals surface area contributed by atoms with E-state index >= 15 is 0 Å². The van der Waals surface area contributed by atoms with Gasteiger partial charge in [-0.15, -0.1) is 12.4 Å². The number of hydrogen-bond donors (Lipinski definition) is 2. The Morgan fingerprint density at radius 1 is 1.14 bits per heavy atom. The van der Waals surface area contributed by atoms with Crippen molar-refractivity contribution in [1.29, 1.82) is 0 Å². The van der Waals surface area contributed by atoms with Crippen LogP contribution in [0.4, 0.5) is 14.5 Å². The van der Waals surface area contributed by atoms with Crippen molar-refractivity contribution >= 4 is 35.0 Å². The van der Waals surface area contributed by atoms with Crippen LogP contribution < -0.4 is 15.6 Å². The summed E-state index contributed by atoms with van der Waals surface area (Å²) in [5.74, 6) is -2.80. The molecule has 0 spiro atoms. The van der Waals surface area contributed by atoms with Gasteiger partial charge in [0.25, 0.3) is 0 Å². The highest BCUT2D eigenvalue weighted by molar-refractivity contribution is 5.94. The van der Waals surface area contributed by atoms with Crippen LogP contribution in [0.25, 0.3) is 16.6 Å². The molecule has 3 heterocycles. The Morgan fingerprint density at radius 2 is 1.86 bits per heavy atom. The molecule has 4 rings (SSSR count). The predicted octanol–water partition coefficient (Wildman–Crippen LogP) is 2.19. The number of pyridine rings is 2. The summed E-state index contributed by atoms with van der Waals surface area (Å²) in [4.78, 5) is 29.6. The van der Waals surface area contributed by atoms with E-state index in [0.29, 0.717) is 26.2 Å². The van der Waals surface area contributed by atoms with Crippen LogP contribution in [0, 0.1) is 11.6 Å². The van der Waals surface area contributed by atoms with E-state index in [9.17, 15) is 23.5 Å². The van der Waals surface area contributed by atoms with Gasteiger partial charge in [0.15, 0.2) is 5.82 Å². The first-order valence-corrected chi connectivity index (χ1v) is 8.65. The Hall–Kier alpha value is -3.04. The van der Waals surface area contributed by atoms with Gasteiger partial charge in [-0.3, -0.25) is 9.78 Å². The average molecular weight is 423 g/mol. The fraction of sp³-hybridized carbons (Fsp3) is 0.211. The van der Waals surface area contributed by atoms with Crippen molar-refractivity contribution in [3.8, 4) is 5.69 Å². The van der Waals surface area contributed by atoms with Crippen molar-refractivity contribution in [2.45, 2.75) is 0 Å². The van der Waals surface area contributed by atoms with Crippen LogP contribution in [-0.2, 0) is 0 Å². The monoisotopic (exact) mass is 422 g/mol. The Bertz CT molecular complexity index is 1150. The molecule has 10 heteroatoms. The Kier molecular flexibility index (Phi) is 5.81. The van der Waals surface area contributed by atoms with E-state index in [1.54, 1.807) is 0 Å². The van der Waals surface area contributed by atoms with Crippen molar-refractivity contribution in [3.63, 3.8) is 0 Å². The van der Waals surface area contributed by atoms with Crippen molar-refractivity contribution in [2.24, 2.45) is 0 Å². The van der Waals surface area contributed by atoms with Crippen molar-refractivity contribution < 1.29 is 18.7 Å². The largest absolute Gasteiger partial charge is 0.477 e. The van der Waals surface area contributed by atoms with E-state index in [1.807, 2.05) is 4.90 Å². The third-order valence-corrected chi connectivity index (χ3v) is 4.77. The van der Waals surface area contributed by atoms with E-state index in [-0.39, 0.29) is 34.7 Å². The van der Waals surface area contributed by atoms with Crippen molar-refractivity contribution in [2.75, 3.05) is 31.1 Å². The quantitative estimate of drug-likeness (QED) is 0.673. The smallest absolute Gasteiger partial charge is 0.341 e. The number of carbonyl (C=O) groups is 1. The first kappa shape index (κ1) is 20.7. The van der Waals surface area contributed by atoms with Gasteiger partial charge in [0.2, 0.25) is 5.43 Å². The Morgan fingerprint density at radius 3 is 2.52 bits per heavy atom. The molecule has 152 valence electrons.